The number of amides is 1. The molecule has 0 saturated carbocycles. The number of halogens is 7. The van der Waals surface area contributed by atoms with E-state index >= 15 is 0 Å². The minimum atomic E-state index is -5.75. The second kappa shape index (κ2) is 10.0. The van der Waals surface area contributed by atoms with Crippen molar-refractivity contribution in [3.05, 3.63) is 34.9 Å². The van der Waals surface area contributed by atoms with Gasteiger partial charge in [0, 0.05) is 44.3 Å². The average molecular weight is 490 g/mol. The van der Waals surface area contributed by atoms with Crippen LogP contribution in [0.25, 0.3) is 0 Å². The predicted octanol–water partition coefficient (Wildman–Crippen LogP) is 3.62. The molecule has 2 heterocycles. The van der Waals surface area contributed by atoms with Crippen molar-refractivity contribution < 1.29 is 40.6 Å². The molecule has 32 heavy (non-hydrogen) atoms. The van der Waals surface area contributed by atoms with E-state index in [1.54, 1.807) is 12.1 Å². The summed E-state index contributed by atoms with van der Waals surface area (Å²) in [5.74, 6) is 0. The largest absolute Gasteiger partial charge is 0.434 e. The third-order valence-corrected chi connectivity index (χ3v) is 5.55. The summed E-state index contributed by atoms with van der Waals surface area (Å²) in [6.07, 6.45) is -17.5. The van der Waals surface area contributed by atoms with Gasteiger partial charge in [0.2, 0.25) is 0 Å². The van der Waals surface area contributed by atoms with Crippen LogP contribution in [0.2, 0.25) is 5.02 Å². The molecule has 2 unspecified atom stereocenters. The van der Waals surface area contributed by atoms with E-state index in [9.17, 15) is 31.1 Å². The first-order chi connectivity index (χ1) is 15.0. The van der Waals surface area contributed by atoms with Crippen molar-refractivity contribution in [3.63, 3.8) is 0 Å². The summed E-state index contributed by atoms with van der Waals surface area (Å²) < 4.78 is 85.8. The highest BCUT2D eigenvalue weighted by molar-refractivity contribution is 6.30. The van der Waals surface area contributed by atoms with E-state index in [4.69, 9.17) is 16.3 Å². The molecule has 1 amide bonds. The number of hydrogen-bond acceptors (Lipinski definition) is 5. The van der Waals surface area contributed by atoms with Crippen LogP contribution in [0.4, 0.5) is 31.1 Å². The van der Waals surface area contributed by atoms with Gasteiger partial charge in [-0.1, -0.05) is 23.7 Å². The van der Waals surface area contributed by atoms with Crippen LogP contribution in [0.1, 0.15) is 11.6 Å². The van der Waals surface area contributed by atoms with Crippen molar-refractivity contribution in [2.45, 2.75) is 30.6 Å². The number of nitrogens with one attached hydrogen (secondary N) is 1. The summed E-state index contributed by atoms with van der Waals surface area (Å²) in [6, 6.07) is 6.88. The summed E-state index contributed by atoms with van der Waals surface area (Å²) in [7, 11) is 0. The standard InChI is InChI=1S/C19H22ClF6N3O3/c20-13-3-1-12(2-4-13)15(14-11-27-5-10-31-14)28-6-8-29(9-7-28)17(30)32-16(18(21,22)23)19(24,25)26/h1-4,14-16,27H,5-11H2. The lowest BCUT2D eigenvalue weighted by Gasteiger charge is -2.43. The molecule has 1 aromatic rings. The Hall–Kier alpha value is -1.76. The Morgan fingerprint density at radius 1 is 1.06 bits per heavy atom. The Balaban J connectivity index is 1.67. The van der Waals surface area contributed by atoms with E-state index in [1.807, 2.05) is 17.0 Å². The number of alkyl halides is 6. The van der Waals surface area contributed by atoms with Crippen LogP contribution in [-0.2, 0) is 9.47 Å². The maximum atomic E-state index is 12.7. The van der Waals surface area contributed by atoms with E-state index < -0.39 is 24.5 Å². The molecule has 0 aliphatic carbocycles. The highest BCUT2D eigenvalue weighted by atomic mass is 35.5. The van der Waals surface area contributed by atoms with Gasteiger partial charge in [-0.15, -0.1) is 0 Å². The number of ether oxygens (including phenoxy) is 2. The SMILES string of the molecule is O=C(OC(C(F)(F)F)C(F)(F)F)N1CCN(C(c2ccc(Cl)cc2)C2CNCCO2)CC1. The van der Waals surface area contributed by atoms with Crippen molar-refractivity contribution in [2.24, 2.45) is 0 Å². The molecule has 0 bridgehead atoms. The van der Waals surface area contributed by atoms with Crippen molar-refractivity contribution in [1.29, 1.82) is 0 Å². The van der Waals surface area contributed by atoms with E-state index in [2.05, 4.69) is 10.1 Å². The molecular formula is C19H22ClF6N3O3. The summed E-state index contributed by atoms with van der Waals surface area (Å²) >= 11 is 5.97. The number of carbonyl (C=O) groups is 1. The fourth-order valence-electron chi connectivity index (χ4n) is 3.79. The minimum Gasteiger partial charge on any atom is -0.426 e. The lowest BCUT2D eigenvalue weighted by atomic mass is 9.97. The van der Waals surface area contributed by atoms with Gasteiger partial charge in [-0.25, -0.2) is 4.79 Å². The number of morpholine rings is 1. The van der Waals surface area contributed by atoms with Gasteiger partial charge in [0.05, 0.1) is 18.8 Å². The maximum absolute atomic E-state index is 12.7. The number of rotatable bonds is 4. The van der Waals surface area contributed by atoms with Crippen LogP contribution in [0.3, 0.4) is 0 Å². The van der Waals surface area contributed by atoms with Gasteiger partial charge in [-0.05, 0) is 17.7 Å². The molecule has 0 aromatic heterocycles. The topological polar surface area (TPSA) is 54.0 Å². The normalized spacial score (nSPS) is 22.1. The molecule has 2 fully saturated rings. The van der Waals surface area contributed by atoms with Gasteiger partial charge >= 0.3 is 18.4 Å². The van der Waals surface area contributed by atoms with E-state index in [1.165, 1.54) is 0 Å². The highest BCUT2D eigenvalue weighted by Crippen LogP contribution is 2.36. The zero-order chi connectivity index (χ0) is 23.5. The van der Waals surface area contributed by atoms with Crippen LogP contribution >= 0.6 is 11.6 Å². The summed E-state index contributed by atoms with van der Waals surface area (Å²) in [6.45, 7) is 2.00. The third-order valence-electron chi connectivity index (χ3n) is 5.30. The molecule has 6 nitrogen and oxygen atoms in total. The molecule has 2 aliphatic heterocycles. The van der Waals surface area contributed by atoms with Crippen LogP contribution < -0.4 is 5.32 Å². The Labute approximate surface area is 185 Å². The number of hydrogen-bond donors (Lipinski definition) is 1. The van der Waals surface area contributed by atoms with Gasteiger partial charge in [0.25, 0.3) is 6.10 Å². The Bertz CT molecular complexity index is 749. The smallest absolute Gasteiger partial charge is 0.426 e. The average Bonchev–Trinajstić information content (AvgIpc) is 2.73. The number of piperazine rings is 1. The molecule has 0 radical (unpaired) electrons. The van der Waals surface area contributed by atoms with Gasteiger partial charge in [0.1, 0.15) is 0 Å². The Morgan fingerprint density at radius 3 is 2.16 bits per heavy atom. The zero-order valence-electron chi connectivity index (χ0n) is 16.8. The molecule has 2 saturated heterocycles. The molecule has 1 aromatic carbocycles. The van der Waals surface area contributed by atoms with Crippen LogP contribution in [0.15, 0.2) is 24.3 Å². The molecule has 13 heteroatoms. The maximum Gasteiger partial charge on any atom is 0.434 e. The molecule has 3 rings (SSSR count). The Kier molecular flexibility index (Phi) is 7.79. The predicted molar refractivity (Wildman–Crippen MR) is 102 cm³/mol. The van der Waals surface area contributed by atoms with E-state index in [-0.39, 0.29) is 38.3 Å². The van der Waals surface area contributed by atoms with Crippen LogP contribution in [0.5, 0.6) is 0 Å². The number of carbonyl (C=O) groups excluding carboxylic acids is 1. The van der Waals surface area contributed by atoms with Gasteiger partial charge in [-0.3, -0.25) is 4.90 Å². The van der Waals surface area contributed by atoms with Gasteiger partial charge in [-0.2, -0.15) is 26.3 Å². The first kappa shape index (κ1) is 24.9. The number of benzene rings is 1. The summed E-state index contributed by atoms with van der Waals surface area (Å²) in [4.78, 5) is 14.9. The molecule has 180 valence electrons. The first-order valence-electron chi connectivity index (χ1n) is 9.87. The summed E-state index contributed by atoms with van der Waals surface area (Å²) in [5.41, 5.74) is 0.897. The van der Waals surface area contributed by atoms with Gasteiger partial charge in [0.15, 0.2) is 0 Å². The zero-order valence-corrected chi connectivity index (χ0v) is 17.5. The highest BCUT2D eigenvalue weighted by Gasteiger charge is 2.60. The van der Waals surface area contributed by atoms with Crippen LogP contribution in [0, 0.1) is 0 Å². The lowest BCUT2D eigenvalue weighted by molar-refractivity contribution is -0.308. The third kappa shape index (κ3) is 6.18. The number of nitrogens with zero attached hydrogens (tertiary/aromatic N) is 2. The van der Waals surface area contributed by atoms with Crippen molar-refractivity contribution in [2.75, 3.05) is 45.9 Å². The summed E-state index contributed by atoms with van der Waals surface area (Å²) in [5, 5.41) is 3.78. The molecule has 2 aliphatic rings. The van der Waals surface area contributed by atoms with E-state index in [0.29, 0.717) is 24.7 Å². The molecule has 1 N–H and O–H groups in total. The lowest BCUT2D eigenvalue weighted by Crippen LogP contribution is -2.55. The second-order valence-corrected chi connectivity index (χ2v) is 7.92. The van der Waals surface area contributed by atoms with Crippen molar-refractivity contribution in [3.8, 4) is 0 Å². The minimum absolute atomic E-state index is 0.0918. The fraction of sp³-hybridized carbons (Fsp3) is 0.632. The quantitative estimate of drug-likeness (QED) is 0.655. The van der Waals surface area contributed by atoms with E-state index in [0.717, 1.165) is 10.5 Å². The van der Waals surface area contributed by atoms with Crippen molar-refractivity contribution >= 4 is 17.7 Å². The van der Waals surface area contributed by atoms with Gasteiger partial charge < -0.3 is 19.7 Å². The van der Waals surface area contributed by atoms with Crippen LogP contribution in [-0.4, -0.2) is 86.3 Å². The molecule has 0 spiro atoms. The fourth-order valence-corrected chi connectivity index (χ4v) is 3.91. The molecule has 2 atom stereocenters. The molecular weight excluding hydrogens is 468 g/mol. The monoisotopic (exact) mass is 489 g/mol. The first-order valence-corrected chi connectivity index (χ1v) is 10.3. The van der Waals surface area contributed by atoms with Crippen molar-refractivity contribution in [1.82, 2.24) is 15.1 Å². The Morgan fingerprint density at radius 2 is 1.66 bits per heavy atom. The second-order valence-electron chi connectivity index (χ2n) is 7.48.